The summed E-state index contributed by atoms with van der Waals surface area (Å²) >= 11 is 0. The van der Waals surface area contributed by atoms with Gasteiger partial charge < -0.3 is 8.83 Å². The minimum absolute atomic E-state index is 0.0710. The molecular formula is C43H25N3O2. The zero-order valence-corrected chi connectivity index (χ0v) is 24.9. The summed E-state index contributed by atoms with van der Waals surface area (Å²) in [5.74, 6) is 0.385. The summed E-state index contributed by atoms with van der Waals surface area (Å²) in [7, 11) is 0. The van der Waals surface area contributed by atoms with Crippen LogP contribution in [0, 0.1) is 0 Å². The van der Waals surface area contributed by atoms with Gasteiger partial charge in [0, 0.05) is 43.6 Å². The molecule has 0 saturated carbocycles. The highest BCUT2D eigenvalue weighted by molar-refractivity contribution is 6.18. The molecular weight excluding hydrogens is 590 g/mol. The molecule has 0 bridgehead atoms. The zero-order chi connectivity index (χ0) is 39.4. The Balaban J connectivity index is 1.34. The molecule has 0 aliphatic heterocycles. The number of rotatable bonds is 4. The van der Waals surface area contributed by atoms with Crippen LogP contribution >= 0.6 is 0 Å². The van der Waals surface area contributed by atoms with Crippen molar-refractivity contribution in [3.05, 3.63) is 151 Å². The van der Waals surface area contributed by atoms with E-state index in [0.717, 1.165) is 21.9 Å². The third-order valence-corrected chi connectivity index (χ3v) is 8.48. The van der Waals surface area contributed by atoms with Gasteiger partial charge in [0.1, 0.15) is 22.3 Å². The van der Waals surface area contributed by atoms with Gasteiger partial charge in [0.2, 0.25) is 0 Å². The lowest BCUT2D eigenvalue weighted by Gasteiger charge is -2.11. The van der Waals surface area contributed by atoms with Crippen molar-refractivity contribution in [2.75, 3.05) is 0 Å². The molecule has 0 aliphatic carbocycles. The Kier molecular flexibility index (Phi) is 4.18. The lowest BCUT2D eigenvalue weighted by Crippen LogP contribution is -2.00. The maximum atomic E-state index is 9.23. The molecule has 0 fully saturated rings. The number of benzene rings is 7. The molecule has 0 atom stereocenters. The predicted octanol–water partition coefficient (Wildman–Crippen LogP) is 11.5. The van der Waals surface area contributed by atoms with E-state index >= 15 is 0 Å². The lowest BCUT2D eigenvalue weighted by molar-refractivity contribution is 0.670. The van der Waals surface area contributed by atoms with E-state index in [2.05, 4.69) is 0 Å². The van der Waals surface area contributed by atoms with Crippen LogP contribution in [0.15, 0.2) is 160 Å². The van der Waals surface area contributed by atoms with Gasteiger partial charge in [-0.1, -0.05) is 121 Å². The topological polar surface area (TPSA) is 65.0 Å². The van der Waals surface area contributed by atoms with E-state index in [4.69, 9.17) is 34.8 Å². The summed E-state index contributed by atoms with van der Waals surface area (Å²) in [5, 5.41) is 1.04. The molecule has 0 unspecified atom stereocenters. The predicted molar refractivity (Wildman–Crippen MR) is 194 cm³/mol. The van der Waals surface area contributed by atoms with E-state index in [0.29, 0.717) is 22.3 Å². The third kappa shape index (κ3) is 4.08. The summed E-state index contributed by atoms with van der Waals surface area (Å²) in [5.41, 5.74) is 3.89. The molecule has 0 radical (unpaired) electrons. The molecule has 5 nitrogen and oxygen atoms in total. The van der Waals surface area contributed by atoms with Crippen LogP contribution in [-0.2, 0) is 0 Å². The minimum atomic E-state index is -0.568. The fourth-order valence-electron chi connectivity index (χ4n) is 6.28. The highest BCUT2D eigenvalue weighted by Crippen LogP contribution is 2.42. The maximum absolute atomic E-state index is 9.23. The molecule has 224 valence electrons. The van der Waals surface area contributed by atoms with Gasteiger partial charge in [0.05, 0.1) is 17.9 Å². The SMILES string of the molecule is [2H]c1c([2H])c([2H])c2c(oc3c4c([2H])c([2H])c([2H])c([2H])c4c([2H])c([2H])c32)c1-c1nc(-c2ccccc2)nc(-c2ccc(-c3ccccc3)c3oc4ccccc4c23)n1. The number of furan rings is 2. The largest absolute Gasteiger partial charge is 0.455 e. The standard InChI is InChI=1S/C43H25N3O2/c1-3-12-26(13-4-1)30-24-25-34(37-33-18-9-10-21-36(33)47-40(30)37)42-44-41(28-15-5-2-6-16-28)45-43(46-42)35-20-11-19-31-32-23-22-27-14-7-8-17-29(27)38(32)48-39(31)35/h1-25H/i7D,8D,11D,14D,17D,19D,20D,22D,23D. The summed E-state index contributed by atoms with van der Waals surface area (Å²) in [4.78, 5) is 14.7. The molecule has 0 spiro atoms. The van der Waals surface area contributed by atoms with Gasteiger partial charge in [0.25, 0.3) is 0 Å². The summed E-state index contributed by atoms with van der Waals surface area (Å²) in [6, 6.07) is 26.0. The second kappa shape index (κ2) is 10.5. The quantitative estimate of drug-likeness (QED) is 0.195. The van der Waals surface area contributed by atoms with Crippen molar-refractivity contribution in [1.82, 2.24) is 15.0 Å². The van der Waals surface area contributed by atoms with E-state index in [9.17, 15) is 1.37 Å². The number of aromatic nitrogens is 3. The second-order valence-corrected chi connectivity index (χ2v) is 11.3. The fraction of sp³-hybridized carbons (Fsp3) is 0. The average Bonchev–Trinajstić information content (AvgIpc) is 3.83. The van der Waals surface area contributed by atoms with Crippen molar-refractivity contribution in [3.63, 3.8) is 0 Å². The highest BCUT2D eigenvalue weighted by atomic mass is 16.3. The van der Waals surface area contributed by atoms with Crippen molar-refractivity contribution >= 4 is 54.6 Å². The summed E-state index contributed by atoms with van der Waals surface area (Å²) < 4.78 is 91.9. The van der Waals surface area contributed by atoms with E-state index in [1.165, 1.54) is 0 Å². The molecule has 10 rings (SSSR count). The lowest BCUT2D eigenvalue weighted by atomic mass is 9.98. The Hall–Kier alpha value is -6.59. The van der Waals surface area contributed by atoms with E-state index in [1.807, 2.05) is 97.1 Å². The number of nitrogens with zero attached hydrogens (tertiary/aromatic N) is 3. The van der Waals surface area contributed by atoms with Crippen LogP contribution in [0.25, 0.3) is 99.9 Å². The summed E-state index contributed by atoms with van der Waals surface area (Å²) in [6.07, 6.45) is 0. The molecule has 0 aliphatic rings. The molecule has 5 heteroatoms. The van der Waals surface area contributed by atoms with Gasteiger partial charge in [-0.3, -0.25) is 0 Å². The molecule has 48 heavy (non-hydrogen) atoms. The molecule has 0 N–H and O–H groups in total. The van der Waals surface area contributed by atoms with Crippen LogP contribution in [0.5, 0.6) is 0 Å². The first-order valence-corrected chi connectivity index (χ1v) is 15.2. The molecule has 3 aromatic heterocycles. The Bertz CT molecular complexity index is 3350. The van der Waals surface area contributed by atoms with Crippen LogP contribution < -0.4 is 0 Å². The molecule has 3 heterocycles. The van der Waals surface area contributed by atoms with Crippen molar-refractivity contribution in [1.29, 1.82) is 0 Å². The number of para-hydroxylation sites is 2. The van der Waals surface area contributed by atoms with Crippen LogP contribution in [-0.4, -0.2) is 15.0 Å². The van der Waals surface area contributed by atoms with Gasteiger partial charge in [-0.25, -0.2) is 15.0 Å². The van der Waals surface area contributed by atoms with Gasteiger partial charge in [0.15, 0.2) is 17.5 Å². The van der Waals surface area contributed by atoms with Crippen LogP contribution in [0.1, 0.15) is 12.3 Å². The highest BCUT2D eigenvalue weighted by Gasteiger charge is 2.22. The number of hydrogen-bond acceptors (Lipinski definition) is 5. The Morgan fingerprint density at radius 2 is 1.08 bits per heavy atom. The van der Waals surface area contributed by atoms with Crippen molar-refractivity contribution in [2.24, 2.45) is 0 Å². The average molecular weight is 625 g/mol. The minimum Gasteiger partial charge on any atom is -0.455 e. The molecule has 10 aromatic rings. The fourth-order valence-corrected chi connectivity index (χ4v) is 6.28. The van der Waals surface area contributed by atoms with Gasteiger partial charge in [-0.15, -0.1) is 0 Å². The van der Waals surface area contributed by atoms with Crippen molar-refractivity contribution in [3.8, 4) is 45.3 Å². The monoisotopic (exact) mass is 624 g/mol. The normalized spacial score (nSPS) is 14.4. The number of hydrogen-bond donors (Lipinski definition) is 0. The second-order valence-electron chi connectivity index (χ2n) is 11.3. The Morgan fingerprint density at radius 1 is 0.417 bits per heavy atom. The van der Waals surface area contributed by atoms with E-state index < -0.39 is 54.4 Å². The number of fused-ring (bicyclic) bond motifs is 8. The van der Waals surface area contributed by atoms with Crippen molar-refractivity contribution in [2.45, 2.75) is 0 Å². The first-order valence-electron chi connectivity index (χ1n) is 19.7. The molecule has 7 aromatic carbocycles. The van der Waals surface area contributed by atoms with E-state index in [1.54, 1.807) is 0 Å². The van der Waals surface area contributed by atoms with Crippen LogP contribution in [0.2, 0.25) is 0 Å². The zero-order valence-electron chi connectivity index (χ0n) is 33.9. The van der Waals surface area contributed by atoms with E-state index in [-0.39, 0.29) is 55.7 Å². The maximum Gasteiger partial charge on any atom is 0.167 e. The molecule has 0 amide bonds. The van der Waals surface area contributed by atoms with Crippen LogP contribution in [0.4, 0.5) is 0 Å². The molecule has 0 saturated heterocycles. The van der Waals surface area contributed by atoms with Crippen LogP contribution in [0.3, 0.4) is 0 Å². The first-order chi connectivity index (χ1) is 27.5. The smallest absolute Gasteiger partial charge is 0.167 e. The Morgan fingerprint density at radius 3 is 1.94 bits per heavy atom. The first kappa shape index (κ1) is 19.2. The third-order valence-electron chi connectivity index (χ3n) is 8.48. The van der Waals surface area contributed by atoms with Gasteiger partial charge in [-0.2, -0.15) is 0 Å². The van der Waals surface area contributed by atoms with Gasteiger partial charge in [-0.05, 0) is 41.2 Å². The Labute approximate surface area is 287 Å². The van der Waals surface area contributed by atoms with Gasteiger partial charge >= 0.3 is 0 Å². The summed E-state index contributed by atoms with van der Waals surface area (Å²) in [6.45, 7) is 0. The van der Waals surface area contributed by atoms with Crippen molar-refractivity contribution < 1.29 is 21.2 Å².